The Balaban J connectivity index is 4.19. The quantitative estimate of drug-likeness (QED) is 0.428. The third-order valence-electron chi connectivity index (χ3n) is 3.01. The van der Waals surface area contributed by atoms with Gasteiger partial charge in [0.25, 0.3) is 0 Å². The zero-order valence-electron chi connectivity index (χ0n) is 13.8. The maximum Gasteiger partial charge on any atom is 0.338 e. The predicted octanol–water partition coefficient (Wildman–Crippen LogP) is 4.99. The van der Waals surface area contributed by atoms with Crippen LogP contribution in [0.5, 0.6) is 0 Å². The normalized spacial score (nSPS) is 17.0. The lowest BCUT2D eigenvalue weighted by Crippen LogP contribution is -1.88. The van der Waals surface area contributed by atoms with Gasteiger partial charge < -0.3 is 9.79 Å². The molecule has 0 aromatic heterocycles. The molecule has 0 spiro atoms. The molecule has 0 aliphatic rings. The lowest BCUT2D eigenvalue weighted by molar-refractivity contribution is 0.352. The van der Waals surface area contributed by atoms with E-state index >= 15 is 0 Å². The topological polar surface area (TPSA) is 83.8 Å². The molecule has 0 radical (unpaired) electrons. The Morgan fingerprint density at radius 1 is 1.05 bits per heavy atom. The van der Waals surface area contributed by atoms with Crippen molar-refractivity contribution in [2.75, 3.05) is 6.16 Å². The van der Waals surface area contributed by atoms with E-state index in [1.165, 1.54) is 11.1 Å². The fourth-order valence-electron chi connectivity index (χ4n) is 1.77. The summed E-state index contributed by atoms with van der Waals surface area (Å²) in [7, 11) is -7.38. The summed E-state index contributed by atoms with van der Waals surface area (Å²) in [5.41, 5.74) is 3.62. The first-order valence-electron chi connectivity index (χ1n) is 7.31. The van der Waals surface area contributed by atoms with Crippen LogP contribution in [0, 0.1) is 0 Å². The molecule has 2 N–H and O–H groups in total. The van der Waals surface area contributed by atoms with Gasteiger partial charge in [-0.2, -0.15) is 0 Å². The van der Waals surface area contributed by atoms with E-state index in [-0.39, 0.29) is 6.16 Å². The van der Waals surface area contributed by atoms with Gasteiger partial charge in [-0.05, 0) is 53.4 Å². The van der Waals surface area contributed by atoms with E-state index in [4.69, 9.17) is 4.89 Å². The van der Waals surface area contributed by atoms with Crippen LogP contribution in [0.25, 0.3) is 0 Å². The van der Waals surface area contributed by atoms with E-state index in [9.17, 15) is 14.0 Å². The molecule has 5 nitrogen and oxygen atoms in total. The second-order valence-electron chi connectivity index (χ2n) is 5.64. The maximum absolute atomic E-state index is 11.4. The molecule has 0 heterocycles. The van der Waals surface area contributed by atoms with E-state index in [0.29, 0.717) is 0 Å². The minimum absolute atomic E-state index is 0.237. The molecule has 22 heavy (non-hydrogen) atoms. The van der Waals surface area contributed by atoms with Crippen LogP contribution >= 0.6 is 15.9 Å². The number of rotatable bonds is 10. The number of hydrogen-bond donors (Lipinski definition) is 2. The van der Waals surface area contributed by atoms with Crippen molar-refractivity contribution in [1.82, 2.24) is 0 Å². The zero-order valence-corrected chi connectivity index (χ0v) is 15.7. The van der Waals surface area contributed by atoms with E-state index < -0.39 is 15.9 Å². The second kappa shape index (κ2) is 11.2. The van der Waals surface area contributed by atoms with Crippen molar-refractivity contribution in [1.29, 1.82) is 0 Å². The van der Waals surface area contributed by atoms with Crippen LogP contribution in [0.2, 0.25) is 0 Å². The third-order valence-corrected chi connectivity index (χ3v) is 5.42. The molecule has 128 valence electrons. The minimum Gasteiger partial charge on any atom is -0.326 e. The Bertz CT molecular complexity index is 502. The lowest BCUT2D eigenvalue weighted by Gasteiger charge is -2.07. The van der Waals surface area contributed by atoms with Crippen LogP contribution < -0.4 is 0 Å². The summed E-state index contributed by atoms with van der Waals surface area (Å²) in [5, 5.41) is 0. The average molecular weight is 350 g/mol. The summed E-state index contributed by atoms with van der Waals surface area (Å²) < 4.78 is 26.0. The van der Waals surface area contributed by atoms with Gasteiger partial charge in [-0.15, -0.1) is 0 Å². The molecule has 2 unspecified atom stereocenters. The zero-order chi connectivity index (χ0) is 17.2. The summed E-state index contributed by atoms with van der Waals surface area (Å²) in [5.74, 6) is 0. The molecule has 0 aromatic carbocycles. The van der Waals surface area contributed by atoms with Crippen LogP contribution in [0.15, 0.2) is 34.9 Å². The van der Waals surface area contributed by atoms with Gasteiger partial charge in [-0.1, -0.05) is 34.9 Å². The van der Waals surface area contributed by atoms with E-state index in [1.54, 1.807) is 6.08 Å². The average Bonchev–Trinajstić information content (AvgIpc) is 2.34. The van der Waals surface area contributed by atoms with E-state index in [2.05, 4.69) is 37.2 Å². The fraction of sp³-hybridized carbons (Fsp3) is 0.600. The summed E-state index contributed by atoms with van der Waals surface area (Å²) in [4.78, 5) is 17.8. The van der Waals surface area contributed by atoms with Gasteiger partial charge in [0, 0.05) is 0 Å². The molecule has 0 aliphatic carbocycles. The summed E-state index contributed by atoms with van der Waals surface area (Å²) in [6.45, 7) is 8.15. The largest absolute Gasteiger partial charge is 0.338 e. The van der Waals surface area contributed by atoms with Crippen molar-refractivity contribution in [2.24, 2.45) is 0 Å². The summed E-state index contributed by atoms with van der Waals surface area (Å²) >= 11 is 0. The van der Waals surface area contributed by atoms with Crippen molar-refractivity contribution in [3.8, 4) is 0 Å². The Morgan fingerprint density at radius 2 is 1.55 bits per heavy atom. The summed E-state index contributed by atoms with van der Waals surface area (Å²) in [6, 6.07) is 0. The Morgan fingerprint density at radius 3 is 2.05 bits per heavy atom. The highest BCUT2D eigenvalue weighted by Crippen LogP contribution is 2.49. The molecule has 0 saturated carbocycles. The van der Waals surface area contributed by atoms with Crippen molar-refractivity contribution >= 4 is 15.9 Å². The first-order chi connectivity index (χ1) is 10.1. The van der Waals surface area contributed by atoms with Gasteiger partial charge in [0.2, 0.25) is 0 Å². The monoisotopic (exact) mass is 350 g/mol. The highest BCUT2D eigenvalue weighted by Gasteiger charge is 2.19. The van der Waals surface area contributed by atoms with E-state index in [0.717, 1.165) is 31.3 Å². The van der Waals surface area contributed by atoms with Gasteiger partial charge in [-0.25, -0.2) is 4.31 Å². The smallest absolute Gasteiger partial charge is 0.326 e. The minimum atomic E-state index is -3.99. The van der Waals surface area contributed by atoms with E-state index in [1.807, 2.05) is 6.92 Å². The van der Waals surface area contributed by atoms with Gasteiger partial charge >= 0.3 is 15.9 Å². The molecule has 0 aromatic rings. The fourth-order valence-corrected chi connectivity index (χ4v) is 3.59. The van der Waals surface area contributed by atoms with Crippen molar-refractivity contribution in [2.45, 2.75) is 53.4 Å². The van der Waals surface area contributed by atoms with Crippen molar-refractivity contribution in [3.63, 3.8) is 0 Å². The highest BCUT2D eigenvalue weighted by molar-refractivity contribution is 7.59. The molecule has 2 atom stereocenters. The SMILES string of the molecule is CC(C)=CCCC(C)=CCCC(C)=CCP(=O)(O)O[PH](=O)O. The molecule has 0 bridgehead atoms. The van der Waals surface area contributed by atoms with Crippen LogP contribution in [0.4, 0.5) is 0 Å². The van der Waals surface area contributed by atoms with Crippen LogP contribution in [0.3, 0.4) is 0 Å². The molecule has 0 saturated heterocycles. The predicted molar refractivity (Wildman–Crippen MR) is 92.4 cm³/mol. The molecule has 0 aliphatic heterocycles. The molecule has 7 heteroatoms. The second-order valence-corrected chi connectivity index (χ2v) is 8.54. The first kappa shape index (κ1) is 21.6. The molecular formula is C15H28O5P2. The molecule has 0 amide bonds. The van der Waals surface area contributed by atoms with Gasteiger partial charge in [0.05, 0.1) is 6.16 Å². The third kappa shape index (κ3) is 13.2. The Kier molecular flexibility index (Phi) is 10.9. The standard InChI is InChI=1S/C15H28O5P2/c1-13(2)7-5-8-14(3)9-6-10-15(4)11-12-22(18,19)20-21(16)17/h7,9,11,21H,5-6,8,10,12H2,1-4H3,(H,16,17)(H,18,19). The van der Waals surface area contributed by atoms with Gasteiger partial charge in [0.1, 0.15) is 0 Å². The number of allylic oxidation sites excluding steroid dienone is 6. The Hall–Kier alpha value is -0.440. The molecule has 0 rings (SSSR count). The first-order valence-corrected chi connectivity index (χ1v) is 10.3. The molecule has 0 fully saturated rings. The number of hydrogen-bond acceptors (Lipinski definition) is 3. The van der Waals surface area contributed by atoms with Crippen LogP contribution in [0.1, 0.15) is 53.4 Å². The Labute approximate surface area is 134 Å². The summed E-state index contributed by atoms with van der Waals surface area (Å²) in [6.07, 6.45) is 9.50. The van der Waals surface area contributed by atoms with Gasteiger partial charge in [0.15, 0.2) is 0 Å². The van der Waals surface area contributed by atoms with Crippen LogP contribution in [-0.4, -0.2) is 15.9 Å². The lowest BCUT2D eigenvalue weighted by atomic mass is 10.1. The highest BCUT2D eigenvalue weighted by atomic mass is 31.2. The van der Waals surface area contributed by atoms with Crippen LogP contribution in [-0.2, 0) is 13.4 Å². The maximum atomic E-state index is 11.4. The van der Waals surface area contributed by atoms with Gasteiger partial charge in [-0.3, -0.25) is 9.13 Å². The molecular weight excluding hydrogens is 322 g/mol. The van der Waals surface area contributed by atoms with Crippen molar-refractivity contribution < 1.29 is 23.2 Å². The van der Waals surface area contributed by atoms with Crippen molar-refractivity contribution in [3.05, 3.63) is 34.9 Å².